The van der Waals surface area contributed by atoms with E-state index in [2.05, 4.69) is 5.32 Å². The van der Waals surface area contributed by atoms with E-state index in [1.165, 1.54) is 17.9 Å². The Morgan fingerprint density at radius 2 is 1.67 bits per heavy atom. The number of anilines is 1. The molecule has 0 saturated heterocycles. The lowest BCUT2D eigenvalue weighted by Gasteiger charge is -2.34. The summed E-state index contributed by atoms with van der Waals surface area (Å²) in [5.74, 6) is -0.0497. The number of hydrogen-bond acceptors (Lipinski definition) is 6. The number of fused-ring (bicyclic) bond motifs is 1. The van der Waals surface area contributed by atoms with Gasteiger partial charge in [-0.25, -0.2) is 8.42 Å². The van der Waals surface area contributed by atoms with Crippen molar-refractivity contribution in [3.8, 4) is 11.5 Å². The first-order valence-electron chi connectivity index (χ1n) is 13.8. The second-order valence-electron chi connectivity index (χ2n) is 10.4. The van der Waals surface area contributed by atoms with Crippen LogP contribution in [0.3, 0.4) is 0 Å². The highest BCUT2D eigenvalue weighted by Gasteiger charge is 2.34. The van der Waals surface area contributed by atoms with Crippen LogP contribution in [0.2, 0.25) is 5.02 Å². The van der Waals surface area contributed by atoms with E-state index in [1.807, 2.05) is 44.2 Å². The van der Waals surface area contributed by atoms with E-state index >= 15 is 0 Å². The Kier molecular flexibility index (Phi) is 10.3. The third-order valence-corrected chi connectivity index (χ3v) is 8.99. The minimum absolute atomic E-state index is 0.00621. The lowest BCUT2D eigenvalue weighted by molar-refractivity contribution is -0.140. The molecule has 0 saturated carbocycles. The quantitative estimate of drug-likeness (QED) is 0.301. The van der Waals surface area contributed by atoms with Gasteiger partial charge in [0.15, 0.2) is 11.5 Å². The first-order valence-corrected chi connectivity index (χ1v) is 15.8. The van der Waals surface area contributed by atoms with Crippen molar-refractivity contribution in [2.24, 2.45) is 5.92 Å². The van der Waals surface area contributed by atoms with Gasteiger partial charge in [0, 0.05) is 30.6 Å². The molecule has 1 unspecified atom stereocenters. The van der Waals surface area contributed by atoms with E-state index in [9.17, 15) is 18.0 Å². The Labute approximate surface area is 252 Å². The molecular weight excluding hydrogens is 578 g/mol. The molecule has 3 aromatic carbocycles. The summed E-state index contributed by atoms with van der Waals surface area (Å²) in [7, 11) is -3.90. The zero-order valence-electron chi connectivity index (χ0n) is 24.0. The lowest BCUT2D eigenvalue weighted by atomic mass is 10.0. The molecule has 0 spiro atoms. The number of ether oxygens (including phenoxy) is 2. The molecule has 42 heavy (non-hydrogen) atoms. The topological polar surface area (TPSA) is 105 Å². The molecule has 1 atom stereocenters. The van der Waals surface area contributed by atoms with Gasteiger partial charge in [-0.3, -0.25) is 13.9 Å². The molecule has 11 heteroatoms. The van der Waals surface area contributed by atoms with Gasteiger partial charge in [0.1, 0.15) is 12.6 Å². The van der Waals surface area contributed by atoms with Crippen LogP contribution in [0, 0.1) is 5.92 Å². The molecular formula is C31H36ClN3O6S. The highest BCUT2D eigenvalue weighted by molar-refractivity contribution is 7.92. The van der Waals surface area contributed by atoms with E-state index in [-0.39, 0.29) is 43.0 Å². The van der Waals surface area contributed by atoms with E-state index in [1.54, 1.807) is 36.4 Å². The van der Waals surface area contributed by atoms with Crippen LogP contribution < -0.4 is 19.1 Å². The molecule has 1 heterocycles. The van der Waals surface area contributed by atoms with Gasteiger partial charge in [-0.2, -0.15) is 0 Å². The predicted molar refractivity (Wildman–Crippen MR) is 163 cm³/mol. The number of carbonyl (C=O) groups excluding carboxylic acids is 2. The molecule has 3 aromatic rings. The Bertz CT molecular complexity index is 1500. The smallest absolute Gasteiger partial charge is 0.244 e. The minimum Gasteiger partial charge on any atom is -0.454 e. The molecule has 224 valence electrons. The summed E-state index contributed by atoms with van der Waals surface area (Å²) in [6.07, 6.45) is 0.228. The van der Waals surface area contributed by atoms with Crippen molar-refractivity contribution in [2.45, 2.75) is 39.8 Å². The summed E-state index contributed by atoms with van der Waals surface area (Å²) in [6, 6.07) is 20.3. The van der Waals surface area contributed by atoms with Crippen molar-refractivity contribution >= 4 is 39.1 Å². The second kappa shape index (κ2) is 13.9. The fraction of sp³-hybridized carbons (Fsp3) is 0.355. The Balaban J connectivity index is 1.75. The van der Waals surface area contributed by atoms with Gasteiger partial charge in [-0.15, -0.1) is 0 Å². The molecule has 0 radical (unpaired) electrons. The highest BCUT2D eigenvalue weighted by atomic mass is 35.5. The van der Waals surface area contributed by atoms with E-state index in [0.29, 0.717) is 28.6 Å². The zero-order valence-corrected chi connectivity index (χ0v) is 25.5. The number of nitrogens with zero attached hydrogens (tertiary/aromatic N) is 2. The van der Waals surface area contributed by atoms with Gasteiger partial charge in [0.25, 0.3) is 0 Å². The summed E-state index contributed by atoms with van der Waals surface area (Å²) in [5.41, 5.74) is 1.75. The van der Waals surface area contributed by atoms with Gasteiger partial charge >= 0.3 is 0 Å². The molecule has 1 aliphatic rings. The summed E-state index contributed by atoms with van der Waals surface area (Å²) in [6.45, 7) is 5.41. The molecule has 0 bridgehead atoms. The summed E-state index contributed by atoms with van der Waals surface area (Å²) in [4.78, 5) is 29.4. The normalized spacial score (nSPS) is 13.1. The predicted octanol–water partition coefficient (Wildman–Crippen LogP) is 4.64. The van der Waals surface area contributed by atoms with Crippen molar-refractivity contribution in [3.63, 3.8) is 0 Å². The van der Waals surface area contributed by atoms with Gasteiger partial charge in [0.2, 0.25) is 28.6 Å². The third-order valence-electron chi connectivity index (χ3n) is 6.88. The van der Waals surface area contributed by atoms with Crippen molar-refractivity contribution in [3.05, 3.63) is 88.9 Å². The maximum Gasteiger partial charge on any atom is 0.244 e. The van der Waals surface area contributed by atoms with Gasteiger partial charge in [-0.05, 0) is 42.2 Å². The van der Waals surface area contributed by atoms with Crippen molar-refractivity contribution < 1.29 is 27.5 Å². The summed E-state index contributed by atoms with van der Waals surface area (Å²) >= 11 is 6.50. The number of nitrogens with one attached hydrogen (secondary N) is 1. The maximum atomic E-state index is 14.3. The van der Waals surface area contributed by atoms with Crippen LogP contribution in [-0.2, 0) is 32.6 Å². The first-order chi connectivity index (χ1) is 20.1. The van der Waals surface area contributed by atoms with Crippen LogP contribution >= 0.6 is 11.6 Å². The molecule has 9 nitrogen and oxygen atoms in total. The van der Waals surface area contributed by atoms with E-state index in [0.717, 1.165) is 9.87 Å². The Morgan fingerprint density at radius 1 is 0.976 bits per heavy atom. The van der Waals surface area contributed by atoms with Crippen molar-refractivity contribution in [1.82, 2.24) is 10.2 Å². The lowest BCUT2D eigenvalue weighted by Crippen LogP contribution is -2.54. The fourth-order valence-electron chi connectivity index (χ4n) is 4.55. The van der Waals surface area contributed by atoms with Crippen LogP contribution in [0.4, 0.5) is 5.69 Å². The number of amides is 2. The van der Waals surface area contributed by atoms with Gasteiger partial charge in [-0.1, -0.05) is 74.0 Å². The molecule has 0 aromatic heterocycles. The minimum atomic E-state index is -3.90. The fourth-order valence-corrected chi connectivity index (χ4v) is 5.80. The van der Waals surface area contributed by atoms with Crippen LogP contribution in [0.15, 0.2) is 72.8 Å². The average Bonchev–Trinajstić information content (AvgIpc) is 3.45. The summed E-state index contributed by atoms with van der Waals surface area (Å²) in [5, 5.41) is 3.40. The molecule has 1 aliphatic heterocycles. The van der Waals surface area contributed by atoms with Crippen LogP contribution in [-0.4, -0.2) is 56.8 Å². The number of halogens is 1. The number of carbonyl (C=O) groups is 2. The second-order valence-corrected chi connectivity index (χ2v) is 13.0. The largest absolute Gasteiger partial charge is 0.454 e. The van der Waals surface area contributed by atoms with Crippen molar-refractivity contribution in [1.29, 1.82) is 0 Å². The first kappa shape index (κ1) is 31.2. The van der Waals surface area contributed by atoms with E-state index < -0.39 is 28.5 Å². The number of sulfonamides is 1. The van der Waals surface area contributed by atoms with Crippen LogP contribution in [0.5, 0.6) is 11.5 Å². The molecule has 0 aliphatic carbocycles. The number of hydrogen-bond donors (Lipinski definition) is 1. The molecule has 1 N–H and O–H groups in total. The van der Waals surface area contributed by atoms with Crippen molar-refractivity contribution in [2.75, 3.05) is 29.9 Å². The van der Waals surface area contributed by atoms with Crippen LogP contribution in [0.25, 0.3) is 0 Å². The third kappa shape index (κ3) is 7.74. The SMILES string of the molecule is CCS(=O)(=O)N(CC(=O)N(Cc1ccccc1Cl)C(Cc1ccccc1)C(=O)NCC(C)C)c1ccc2c(c1)OCO2. The molecule has 4 rings (SSSR count). The Hall–Kier alpha value is -3.76. The van der Waals surface area contributed by atoms with Crippen LogP contribution in [0.1, 0.15) is 31.9 Å². The average molecular weight is 614 g/mol. The number of rotatable bonds is 13. The van der Waals surface area contributed by atoms with E-state index in [4.69, 9.17) is 21.1 Å². The molecule has 0 fully saturated rings. The van der Waals surface area contributed by atoms with Gasteiger partial charge < -0.3 is 19.7 Å². The molecule has 2 amide bonds. The monoisotopic (exact) mass is 613 g/mol. The number of benzene rings is 3. The standard InChI is InChI=1S/C31H36ClN3O6S/c1-4-42(38,39)35(25-14-15-28-29(17-25)41-21-40-28)20-30(36)34(19-24-12-8-9-13-26(24)32)27(31(37)33-18-22(2)3)16-23-10-6-5-7-11-23/h5-15,17,22,27H,4,16,18-21H2,1-3H3,(H,33,37). The zero-order chi connectivity index (χ0) is 30.3. The van der Waals surface area contributed by atoms with Gasteiger partial charge in [0.05, 0.1) is 11.4 Å². The Morgan fingerprint density at radius 3 is 2.36 bits per heavy atom. The maximum absolute atomic E-state index is 14.3. The summed E-state index contributed by atoms with van der Waals surface area (Å²) < 4.78 is 38.5. The highest BCUT2D eigenvalue weighted by Crippen LogP contribution is 2.36.